The number of fused-ring (bicyclic) bond motifs is 6. The van der Waals surface area contributed by atoms with E-state index in [0.29, 0.717) is 29.4 Å². The first-order valence-electron chi connectivity index (χ1n) is 11.2. The average molecular weight is 383 g/mol. The minimum Gasteiger partial charge on any atom is -0.458 e. The third-order valence-electron chi connectivity index (χ3n) is 9.86. The lowest BCUT2D eigenvalue weighted by Gasteiger charge is -2.60. The van der Waals surface area contributed by atoms with Gasteiger partial charge in [0.15, 0.2) is 11.5 Å². The predicted molar refractivity (Wildman–Crippen MR) is 109 cm³/mol. The fraction of sp³-hybridized carbons (Fsp3) is 0.720. The number of aliphatic hydroxyl groups is 1. The van der Waals surface area contributed by atoms with Gasteiger partial charge in [-0.05, 0) is 85.7 Å². The molecule has 0 radical (unpaired) electrons. The van der Waals surface area contributed by atoms with E-state index in [4.69, 9.17) is 4.42 Å². The molecule has 4 aliphatic carbocycles. The van der Waals surface area contributed by atoms with Crippen molar-refractivity contribution in [2.45, 2.75) is 77.7 Å². The molecular weight excluding hydrogens is 348 g/mol. The van der Waals surface area contributed by atoms with E-state index in [1.165, 1.54) is 24.8 Å². The summed E-state index contributed by atoms with van der Waals surface area (Å²) in [5.74, 6) is 4.29. The van der Waals surface area contributed by atoms with Gasteiger partial charge in [0.2, 0.25) is 0 Å². The summed E-state index contributed by atoms with van der Waals surface area (Å²) in [4.78, 5) is 11.8. The van der Waals surface area contributed by atoms with Gasteiger partial charge in [-0.15, -0.1) is 6.58 Å². The highest BCUT2D eigenvalue weighted by Gasteiger charge is 2.63. The number of rotatable bonds is 2. The minimum absolute atomic E-state index is 0.0175. The molecule has 1 aromatic rings. The predicted octanol–water partition coefficient (Wildman–Crippen LogP) is 5.36. The minimum atomic E-state index is -0.693. The van der Waals surface area contributed by atoms with E-state index >= 15 is 0 Å². The number of hydrogen-bond acceptors (Lipinski definition) is 3. The highest BCUT2D eigenvalue weighted by Crippen LogP contribution is 2.68. The quantitative estimate of drug-likeness (QED) is 0.553. The van der Waals surface area contributed by atoms with Crippen molar-refractivity contribution >= 4 is 5.78 Å². The maximum Gasteiger partial charge on any atom is 0.194 e. The molecular formula is C25H34O3. The summed E-state index contributed by atoms with van der Waals surface area (Å²) >= 11 is 0. The summed E-state index contributed by atoms with van der Waals surface area (Å²) in [7, 11) is 0. The Morgan fingerprint density at radius 1 is 1.21 bits per heavy atom. The third-order valence-corrected chi connectivity index (χ3v) is 9.86. The maximum absolute atomic E-state index is 11.8. The molecule has 3 fully saturated rings. The van der Waals surface area contributed by atoms with Crippen LogP contribution in [0.2, 0.25) is 0 Å². The van der Waals surface area contributed by atoms with Gasteiger partial charge in [-0.3, -0.25) is 4.79 Å². The molecule has 3 saturated carbocycles. The first kappa shape index (κ1) is 18.7. The molecule has 0 bridgehead atoms. The van der Waals surface area contributed by atoms with Crippen LogP contribution in [0.3, 0.4) is 0 Å². The lowest BCUT2D eigenvalue weighted by Crippen LogP contribution is -2.56. The van der Waals surface area contributed by atoms with Crippen molar-refractivity contribution in [3.63, 3.8) is 0 Å². The van der Waals surface area contributed by atoms with Crippen molar-refractivity contribution < 1.29 is 14.3 Å². The van der Waals surface area contributed by atoms with E-state index < -0.39 is 5.60 Å². The molecule has 0 spiro atoms. The normalized spacial score (nSPS) is 46.9. The number of hydrogen-bond donors (Lipinski definition) is 1. The lowest BCUT2D eigenvalue weighted by molar-refractivity contribution is -0.130. The molecule has 3 heteroatoms. The monoisotopic (exact) mass is 382 g/mol. The van der Waals surface area contributed by atoms with Crippen molar-refractivity contribution in [2.75, 3.05) is 0 Å². The topological polar surface area (TPSA) is 50.4 Å². The Bertz CT molecular complexity index is 837. The molecule has 1 heterocycles. The van der Waals surface area contributed by atoms with Gasteiger partial charge in [-0.2, -0.15) is 0 Å². The Morgan fingerprint density at radius 3 is 2.68 bits per heavy atom. The van der Waals surface area contributed by atoms with Gasteiger partial charge >= 0.3 is 0 Å². The fourth-order valence-corrected chi connectivity index (χ4v) is 8.13. The van der Waals surface area contributed by atoms with Crippen molar-refractivity contribution in [3.05, 3.63) is 35.8 Å². The van der Waals surface area contributed by atoms with Crippen LogP contribution in [0.15, 0.2) is 23.1 Å². The summed E-state index contributed by atoms with van der Waals surface area (Å²) in [6.07, 6.45) is 10.7. The first-order valence-corrected chi connectivity index (χ1v) is 11.2. The highest BCUT2D eigenvalue weighted by atomic mass is 16.3. The summed E-state index contributed by atoms with van der Waals surface area (Å²) in [5.41, 5.74) is 0.841. The van der Waals surface area contributed by atoms with Crippen LogP contribution in [-0.2, 0) is 12.8 Å². The second-order valence-corrected chi connectivity index (χ2v) is 10.8. The van der Waals surface area contributed by atoms with Gasteiger partial charge in [0, 0.05) is 18.8 Å². The zero-order valence-corrected chi connectivity index (χ0v) is 17.6. The Balaban J connectivity index is 1.48. The number of carbonyl (C=O) groups is 1. The van der Waals surface area contributed by atoms with Crippen LogP contribution >= 0.6 is 0 Å². The smallest absolute Gasteiger partial charge is 0.194 e. The molecule has 0 unspecified atom stereocenters. The molecule has 1 N–H and O–H groups in total. The van der Waals surface area contributed by atoms with Gasteiger partial charge < -0.3 is 9.52 Å². The standard InChI is InChI=1S/C25H34O3/c1-5-25(27)11-9-20-18-7-6-17-13-22-16(12-21(28-22)15(2)26)14-23(17,3)19(18)8-10-24(20,25)4/h5,12,17-20,27H,1,6-11,13-14H2,2-4H3/t17-,18+,19-,20-,23-,24-,25-/m0/s1. The van der Waals surface area contributed by atoms with Crippen LogP contribution in [0, 0.1) is 34.5 Å². The zero-order valence-electron chi connectivity index (χ0n) is 17.6. The van der Waals surface area contributed by atoms with E-state index in [1.54, 1.807) is 6.92 Å². The van der Waals surface area contributed by atoms with Crippen molar-refractivity contribution in [2.24, 2.45) is 34.5 Å². The van der Waals surface area contributed by atoms with Crippen LogP contribution in [0.1, 0.15) is 81.2 Å². The maximum atomic E-state index is 11.8. The van der Waals surface area contributed by atoms with Gasteiger partial charge in [-0.25, -0.2) is 0 Å². The van der Waals surface area contributed by atoms with E-state index in [9.17, 15) is 9.90 Å². The van der Waals surface area contributed by atoms with Crippen molar-refractivity contribution in [1.82, 2.24) is 0 Å². The average Bonchev–Trinajstić information content (AvgIpc) is 3.18. The zero-order chi connectivity index (χ0) is 19.9. The Labute approximate surface area is 168 Å². The summed E-state index contributed by atoms with van der Waals surface area (Å²) in [6, 6.07) is 2.02. The molecule has 3 nitrogen and oxygen atoms in total. The second-order valence-electron chi connectivity index (χ2n) is 10.8. The second kappa shape index (κ2) is 5.84. The van der Waals surface area contributed by atoms with Crippen LogP contribution in [0.25, 0.3) is 0 Å². The van der Waals surface area contributed by atoms with Crippen LogP contribution < -0.4 is 0 Å². The Morgan fingerprint density at radius 2 is 1.96 bits per heavy atom. The highest BCUT2D eigenvalue weighted by molar-refractivity contribution is 5.91. The third kappa shape index (κ3) is 2.23. The molecule has 4 aliphatic rings. The van der Waals surface area contributed by atoms with Gasteiger partial charge in [-0.1, -0.05) is 19.9 Å². The number of carbonyl (C=O) groups excluding carboxylic acids is 1. The number of Topliss-reactive ketones (excluding diaryl/α,β-unsaturated/α-hetero) is 1. The van der Waals surface area contributed by atoms with Gasteiger partial charge in [0.05, 0.1) is 5.60 Å². The Kier molecular flexibility index (Phi) is 3.89. The Hall–Kier alpha value is -1.35. The molecule has 7 atom stereocenters. The van der Waals surface area contributed by atoms with Crippen molar-refractivity contribution in [1.29, 1.82) is 0 Å². The van der Waals surface area contributed by atoms with Crippen molar-refractivity contribution in [3.8, 4) is 0 Å². The molecule has 5 rings (SSSR count). The van der Waals surface area contributed by atoms with Gasteiger partial charge in [0.25, 0.3) is 0 Å². The molecule has 152 valence electrons. The summed E-state index contributed by atoms with van der Waals surface area (Å²) < 4.78 is 5.93. The summed E-state index contributed by atoms with van der Waals surface area (Å²) in [6.45, 7) is 10.4. The van der Waals surface area contributed by atoms with E-state index in [2.05, 4.69) is 20.4 Å². The van der Waals surface area contributed by atoms with Crippen LogP contribution in [0.4, 0.5) is 0 Å². The molecule has 0 aliphatic heterocycles. The van der Waals surface area contributed by atoms with E-state index in [1.807, 2.05) is 12.1 Å². The largest absolute Gasteiger partial charge is 0.458 e. The molecule has 0 saturated heterocycles. The lowest BCUT2D eigenvalue weighted by atomic mass is 9.44. The van der Waals surface area contributed by atoms with E-state index in [-0.39, 0.29) is 16.6 Å². The molecule has 28 heavy (non-hydrogen) atoms. The van der Waals surface area contributed by atoms with Crippen LogP contribution in [0.5, 0.6) is 0 Å². The molecule has 0 aromatic carbocycles. The number of furan rings is 1. The number of ketones is 1. The van der Waals surface area contributed by atoms with Gasteiger partial charge in [0.1, 0.15) is 5.76 Å². The fourth-order valence-electron chi connectivity index (χ4n) is 8.13. The first-order chi connectivity index (χ1) is 13.2. The molecule has 1 aromatic heterocycles. The summed E-state index contributed by atoms with van der Waals surface area (Å²) in [5, 5.41) is 11.3. The van der Waals surface area contributed by atoms with Crippen LogP contribution in [-0.4, -0.2) is 16.5 Å². The van der Waals surface area contributed by atoms with E-state index in [0.717, 1.165) is 37.9 Å². The molecule has 0 amide bonds. The SMILES string of the molecule is C=C[C@]1(O)CC[C@H]2[C@@H]3CC[C@H]4Cc5oc(C(C)=O)cc5C[C@]4(C)[C@H]3CC[C@@]21C.